The SMILES string of the molecule is CC(=O)N1CCN(c2cc(F)nc(F)n2)CC1.COc1cc(N2CCNCC2)nc(OC)n1. The van der Waals surface area contributed by atoms with Gasteiger partial charge in [-0.15, -0.1) is 0 Å². The molecule has 1 N–H and O–H groups in total. The molecule has 0 bridgehead atoms. The Bertz CT molecular complexity index is 895. The van der Waals surface area contributed by atoms with Crippen molar-refractivity contribution >= 4 is 17.5 Å². The first kappa shape index (κ1) is 24.3. The number of amides is 1. The number of aromatic nitrogens is 4. The van der Waals surface area contributed by atoms with Crippen molar-refractivity contribution < 1.29 is 23.0 Å². The number of piperazine rings is 2. The third-order valence-corrected chi connectivity index (χ3v) is 5.20. The van der Waals surface area contributed by atoms with Crippen molar-refractivity contribution in [3.05, 3.63) is 24.2 Å². The Kier molecular flexibility index (Phi) is 8.46. The molecule has 4 heterocycles. The molecule has 4 rings (SSSR count). The Morgan fingerprint density at radius 1 is 0.879 bits per heavy atom. The monoisotopic (exact) mass is 466 g/mol. The van der Waals surface area contributed by atoms with E-state index in [0.717, 1.165) is 38.1 Å². The Labute approximate surface area is 190 Å². The molecule has 0 aliphatic carbocycles. The molecule has 1 amide bonds. The van der Waals surface area contributed by atoms with Crippen LogP contribution >= 0.6 is 0 Å². The Morgan fingerprint density at radius 2 is 1.52 bits per heavy atom. The largest absolute Gasteiger partial charge is 0.481 e. The van der Waals surface area contributed by atoms with Crippen molar-refractivity contribution in [3.8, 4) is 11.9 Å². The van der Waals surface area contributed by atoms with Gasteiger partial charge in [-0.1, -0.05) is 0 Å². The molecule has 2 aromatic heterocycles. The average Bonchev–Trinajstić information content (AvgIpc) is 2.84. The molecular formula is C20H28F2N8O3. The number of hydrogen-bond donors (Lipinski definition) is 1. The molecule has 0 unspecified atom stereocenters. The van der Waals surface area contributed by atoms with Crippen LogP contribution in [0.3, 0.4) is 0 Å². The first-order valence-electron chi connectivity index (χ1n) is 10.5. The number of rotatable bonds is 4. The highest BCUT2D eigenvalue weighted by atomic mass is 19.1. The van der Waals surface area contributed by atoms with E-state index in [4.69, 9.17) is 9.47 Å². The maximum atomic E-state index is 12.9. The van der Waals surface area contributed by atoms with Gasteiger partial charge in [-0.05, 0) is 0 Å². The number of nitrogens with one attached hydrogen (secondary N) is 1. The van der Waals surface area contributed by atoms with Gasteiger partial charge in [0, 0.05) is 71.4 Å². The molecule has 2 fully saturated rings. The van der Waals surface area contributed by atoms with Gasteiger partial charge >= 0.3 is 12.1 Å². The molecule has 0 aromatic carbocycles. The highest BCUT2D eigenvalue weighted by molar-refractivity contribution is 5.73. The normalized spacial score (nSPS) is 16.1. The van der Waals surface area contributed by atoms with Crippen molar-refractivity contribution in [2.75, 3.05) is 76.4 Å². The van der Waals surface area contributed by atoms with E-state index in [0.29, 0.717) is 38.1 Å². The summed E-state index contributed by atoms with van der Waals surface area (Å²) in [6, 6.07) is 3.26. The lowest BCUT2D eigenvalue weighted by Crippen LogP contribution is -2.48. The zero-order valence-corrected chi connectivity index (χ0v) is 18.9. The maximum Gasteiger partial charge on any atom is 0.321 e. The summed E-state index contributed by atoms with van der Waals surface area (Å²) < 4.78 is 35.9. The van der Waals surface area contributed by atoms with Crippen LogP contribution in [-0.2, 0) is 4.79 Å². The molecular weight excluding hydrogens is 438 g/mol. The molecule has 2 saturated heterocycles. The van der Waals surface area contributed by atoms with Crippen LogP contribution in [0.25, 0.3) is 0 Å². The Morgan fingerprint density at radius 3 is 2.09 bits per heavy atom. The van der Waals surface area contributed by atoms with Crippen LogP contribution in [0.5, 0.6) is 11.9 Å². The van der Waals surface area contributed by atoms with E-state index >= 15 is 0 Å². The lowest BCUT2D eigenvalue weighted by atomic mass is 10.3. The summed E-state index contributed by atoms with van der Waals surface area (Å²) in [6.07, 6.45) is -1.08. The molecule has 13 heteroatoms. The summed E-state index contributed by atoms with van der Waals surface area (Å²) in [6.45, 7) is 7.38. The Hall–Kier alpha value is -3.35. The van der Waals surface area contributed by atoms with Crippen molar-refractivity contribution in [1.29, 1.82) is 0 Å². The van der Waals surface area contributed by atoms with Crippen LogP contribution in [0, 0.1) is 12.0 Å². The summed E-state index contributed by atoms with van der Waals surface area (Å²) >= 11 is 0. The van der Waals surface area contributed by atoms with Crippen LogP contribution in [0.4, 0.5) is 20.4 Å². The summed E-state index contributed by atoms with van der Waals surface area (Å²) in [5.74, 6) is 0.718. The van der Waals surface area contributed by atoms with Crippen LogP contribution in [-0.4, -0.2) is 97.3 Å². The van der Waals surface area contributed by atoms with Gasteiger partial charge in [-0.3, -0.25) is 4.79 Å². The number of carbonyl (C=O) groups excluding carboxylic acids is 1. The van der Waals surface area contributed by atoms with E-state index in [1.807, 2.05) is 6.07 Å². The summed E-state index contributed by atoms with van der Waals surface area (Å²) in [5.41, 5.74) is 0. The van der Waals surface area contributed by atoms with Crippen molar-refractivity contribution in [1.82, 2.24) is 30.2 Å². The fraction of sp³-hybridized carbons (Fsp3) is 0.550. The lowest BCUT2D eigenvalue weighted by molar-refractivity contribution is -0.129. The van der Waals surface area contributed by atoms with Gasteiger partial charge < -0.3 is 29.5 Å². The zero-order chi connectivity index (χ0) is 23.8. The van der Waals surface area contributed by atoms with Gasteiger partial charge in [0.2, 0.25) is 17.7 Å². The zero-order valence-electron chi connectivity index (χ0n) is 18.9. The number of halogens is 2. The first-order chi connectivity index (χ1) is 15.9. The second kappa shape index (κ2) is 11.5. The van der Waals surface area contributed by atoms with Crippen LogP contribution in [0.15, 0.2) is 12.1 Å². The molecule has 33 heavy (non-hydrogen) atoms. The first-order valence-corrected chi connectivity index (χ1v) is 10.5. The van der Waals surface area contributed by atoms with E-state index in [1.54, 1.807) is 24.0 Å². The van der Waals surface area contributed by atoms with Crippen molar-refractivity contribution in [3.63, 3.8) is 0 Å². The summed E-state index contributed by atoms with van der Waals surface area (Å²) in [7, 11) is 3.14. The number of carbonyl (C=O) groups is 1. The topological polar surface area (TPSA) is 109 Å². The molecule has 180 valence electrons. The number of ether oxygens (including phenoxy) is 2. The highest BCUT2D eigenvalue weighted by Crippen LogP contribution is 2.20. The second-order valence-electron chi connectivity index (χ2n) is 7.30. The third-order valence-electron chi connectivity index (χ3n) is 5.20. The fourth-order valence-corrected chi connectivity index (χ4v) is 3.44. The third kappa shape index (κ3) is 6.81. The van der Waals surface area contributed by atoms with Gasteiger partial charge in [-0.25, -0.2) is 0 Å². The molecule has 0 spiro atoms. The maximum absolute atomic E-state index is 12.9. The van der Waals surface area contributed by atoms with E-state index in [-0.39, 0.29) is 11.7 Å². The molecule has 11 nitrogen and oxygen atoms in total. The molecule has 0 atom stereocenters. The molecule has 0 radical (unpaired) electrons. The summed E-state index contributed by atoms with van der Waals surface area (Å²) in [5, 5.41) is 3.29. The molecule has 2 aliphatic rings. The van der Waals surface area contributed by atoms with E-state index < -0.39 is 12.0 Å². The fourth-order valence-electron chi connectivity index (χ4n) is 3.44. The minimum Gasteiger partial charge on any atom is -0.481 e. The summed E-state index contributed by atoms with van der Waals surface area (Å²) in [4.78, 5) is 31.6. The second-order valence-corrected chi connectivity index (χ2v) is 7.30. The van der Waals surface area contributed by atoms with Gasteiger partial charge in [0.05, 0.1) is 14.2 Å². The van der Waals surface area contributed by atoms with Crippen molar-refractivity contribution in [2.24, 2.45) is 0 Å². The van der Waals surface area contributed by atoms with Crippen molar-refractivity contribution in [2.45, 2.75) is 6.92 Å². The number of nitrogens with zero attached hydrogens (tertiary/aromatic N) is 7. The van der Waals surface area contributed by atoms with E-state index in [9.17, 15) is 13.6 Å². The number of anilines is 2. The minimum absolute atomic E-state index is 0.00435. The molecule has 2 aliphatic heterocycles. The molecule has 0 saturated carbocycles. The smallest absolute Gasteiger partial charge is 0.321 e. The van der Waals surface area contributed by atoms with Gasteiger partial charge in [0.1, 0.15) is 11.6 Å². The molecule has 2 aromatic rings. The Balaban J connectivity index is 0.000000186. The van der Waals surface area contributed by atoms with Crippen LogP contribution in [0.2, 0.25) is 0 Å². The van der Waals surface area contributed by atoms with E-state index in [2.05, 4.69) is 30.2 Å². The van der Waals surface area contributed by atoms with Crippen LogP contribution < -0.4 is 24.6 Å². The van der Waals surface area contributed by atoms with Gasteiger partial charge in [0.15, 0.2) is 0 Å². The van der Waals surface area contributed by atoms with Gasteiger partial charge in [0.25, 0.3) is 0 Å². The highest BCUT2D eigenvalue weighted by Gasteiger charge is 2.20. The number of hydrogen-bond acceptors (Lipinski definition) is 10. The average molecular weight is 466 g/mol. The minimum atomic E-state index is -1.08. The van der Waals surface area contributed by atoms with Crippen LogP contribution in [0.1, 0.15) is 6.92 Å². The predicted octanol–water partition coefficient (Wildman–Crippen LogP) is 0.327. The standard InChI is InChI=1S/C10H12F2N4O.C10H16N4O2/c1-7(17)15-2-4-16(5-3-15)9-6-8(11)13-10(12)14-9;1-15-9-7-8(12-10(13-9)16-2)14-5-3-11-4-6-14/h6H,2-5H2,1H3;7,11H,3-6H2,1-2H3. The van der Waals surface area contributed by atoms with E-state index in [1.165, 1.54) is 6.92 Å². The quantitative estimate of drug-likeness (QED) is 0.500. The predicted molar refractivity (Wildman–Crippen MR) is 117 cm³/mol. The van der Waals surface area contributed by atoms with Gasteiger partial charge in [-0.2, -0.15) is 28.7 Å². The lowest BCUT2D eigenvalue weighted by Gasteiger charge is -2.34. The number of methoxy groups -OCH3 is 2.